The Balaban J connectivity index is 4.12. The molecule has 4 nitrogen and oxygen atoms in total. The van der Waals surface area contributed by atoms with E-state index < -0.39 is 15.9 Å². The molecule has 0 saturated carbocycles. The first-order valence-electron chi connectivity index (χ1n) is 7.98. The molecule has 1 unspecified atom stereocenters. The molecule has 128 valence electrons. The lowest BCUT2D eigenvalue weighted by atomic mass is 10.4. The van der Waals surface area contributed by atoms with Gasteiger partial charge in [-0.2, -0.15) is 0 Å². The molecule has 0 heterocycles. The fourth-order valence-electron chi connectivity index (χ4n) is 2.07. The smallest absolute Gasteiger partial charge is 0.330 e. The van der Waals surface area contributed by atoms with Gasteiger partial charge in [0.05, 0.1) is 19.4 Å². The molecule has 0 radical (unpaired) electrons. The highest BCUT2D eigenvalue weighted by Gasteiger charge is 2.27. The molecule has 0 aromatic carbocycles. The molecular weight excluding hydrogens is 371 g/mol. The van der Waals surface area contributed by atoms with Crippen LogP contribution in [0.1, 0.15) is 46.5 Å². The molecule has 1 atom stereocenters. The van der Waals surface area contributed by atoms with Crippen molar-refractivity contribution < 1.29 is 18.0 Å². The highest BCUT2D eigenvalue weighted by molar-refractivity contribution is 9.09. The van der Waals surface area contributed by atoms with Gasteiger partial charge in [-0.25, -0.2) is 0 Å². The summed E-state index contributed by atoms with van der Waals surface area (Å²) >= 11 is 3.59. The molecule has 0 aliphatic heterocycles. The average Bonchev–Trinajstić information content (AvgIpc) is 2.36. The summed E-state index contributed by atoms with van der Waals surface area (Å²) in [7, 11) is -4.50. The molecule has 0 rings (SSSR count). The first kappa shape index (κ1) is 21.8. The van der Waals surface area contributed by atoms with Gasteiger partial charge in [0.15, 0.2) is 8.32 Å². The van der Waals surface area contributed by atoms with Gasteiger partial charge < -0.3 is 13.5 Å². The van der Waals surface area contributed by atoms with E-state index in [0.29, 0.717) is 19.4 Å². The standard InChI is InChI=1S/C14H32BrO4PSi/c1-6-9-13-21(4,5)19-14(15)11-10-12-20(16,17-7-2)18-8-3/h14H,6-13H2,1-5H3. The highest BCUT2D eigenvalue weighted by atomic mass is 79.9. The number of hydrogen-bond acceptors (Lipinski definition) is 4. The molecule has 0 aliphatic carbocycles. The van der Waals surface area contributed by atoms with Crippen LogP contribution in [0, 0.1) is 0 Å². The van der Waals surface area contributed by atoms with E-state index in [9.17, 15) is 4.57 Å². The quantitative estimate of drug-likeness (QED) is 0.222. The SMILES string of the molecule is CCCC[Si](C)(C)OC(Br)CCCP(=O)(OCC)OCC. The van der Waals surface area contributed by atoms with E-state index in [0.717, 1.165) is 12.8 Å². The minimum Gasteiger partial charge on any atom is -0.405 e. The lowest BCUT2D eigenvalue weighted by molar-refractivity contribution is 0.217. The van der Waals surface area contributed by atoms with Crippen molar-refractivity contribution >= 4 is 31.8 Å². The van der Waals surface area contributed by atoms with Crippen molar-refractivity contribution in [1.29, 1.82) is 0 Å². The second kappa shape index (κ2) is 11.4. The fourth-order valence-corrected chi connectivity index (χ4v) is 7.74. The Kier molecular flexibility index (Phi) is 11.8. The van der Waals surface area contributed by atoms with Gasteiger partial charge in [0.25, 0.3) is 0 Å². The molecule has 0 spiro atoms. The van der Waals surface area contributed by atoms with E-state index in [1.54, 1.807) is 0 Å². The molecular formula is C14H32BrO4PSi. The summed E-state index contributed by atoms with van der Waals surface area (Å²) in [4.78, 5) is 0. The second-order valence-corrected chi connectivity index (χ2v) is 13.2. The van der Waals surface area contributed by atoms with Gasteiger partial charge in [-0.1, -0.05) is 35.7 Å². The highest BCUT2D eigenvalue weighted by Crippen LogP contribution is 2.48. The Labute approximate surface area is 140 Å². The van der Waals surface area contributed by atoms with Crippen LogP contribution in [-0.2, 0) is 18.0 Å². The minimum absolute atomic E-state index is 0.0349. The average molecular weight is 403 g/mol. The van der Waals surface area contributed by atoms with E-state index in [1.165, 1.54) is 18.9 Å². The zero-order valence-electron chi connectivity index (χ0n) is 14.2. The van der Waals surface area contributed by atoms with Crippen LogP contribution in [0.4, 0.5) is 0 Å². The van der Waals surface area contributed by atoms with E-state index in [2.05, 4.69) is 35.9 Å². The van der Waals surface area contributed by atoms with Crippen LogP contribution in [0.15, 0.2) is 0 Å². The summed E-state index contributed by atoms with van der Waals surface area (Å²) in [6.45, 7) is 11.2. The predicted octanol–water partition coefficient (Wildman–Crippen LogP) is 5.78. The van der Waals surface area contributed by atoms with E-state index in [1.807, 2.05) is 13.8 Å². The number of alkyl halides is 1. The molecule has 0 saturated heterocycles. The molecule has 0 fully saturated rings. The zero-order valence-corrected chi connectivity index (χ0v) is 17.7. The largest absolute Gasteiger partial charge is 0.405 e. The third-order valence-corrected chi connectivity index (χ3v) is 8.73. The first-order valence-corrected chi connectivity index (χ1v) is 13.7. The van der Waals surface area contributed by atoms with Gasteiger partial charge in [-0.15, -0.1) is 0 Å². The van der Waals surface area contributed by atoms with Gasteiger partial charge >= 0.3 is 7.60 Å². The van der Waals surface area contributed by atoms with Crippen molar-refractivity contribution in [2.45, 2.75) is 70.6 Å². The summed E-state index contributed by atoms with van der Waals surface area (Å²) in [6, 6.07) is 1.18. The number of unbranched alkanes of at least 4 members (excludes halogenated alkanes) is 1. The van der Waals surface area contributed by atoms with Crippen molar-refractivity contribution in [2.24, 2.45) is 0 Å². The van der Waals surface area contributed by atoms with E-state index in [4.69, 9.17) is 13.5 Å². The summed E-state index contributed by atoms with van der Waals surface area (Å²) in [5, 5.41) is 0.0349. The van der Waals surface area contributed by atoms with Crippen LogP contribution in [0.5, 0.6) is 0 Å². The van der Waals surface area contributed by atoms with Gasteiger partial charge in [0.2, 0.25) is 0 Å². The maximum absolute atomic E-state index is 12.3. The van der Waals surface area contributed by atoms with E-state index in [-0.39, 0.29) is 5.01 Å². The maximum Gasteiger partial charge on any atom is 0.330 e. The predicted molar refractivity (Wildman–Crippen MR) is 96.0 cm³/mol. The van der Waals surface area contributed by atoms with Crippen molar-refractivity contribution in [3.05, 3.63) is 0 Å². The van der Waals surface area contributed by atoms with Crippen LogP contribution in [0.2, 0.25) is 19.1 Å². The summed E-state index contributed by atoms with van der Waals surface area (Å²) in [5.41, 5.74) is 0. The zero-order chi connectivity index (χ0) is 16.4. The Morgan fingerprint density at radius 3 is 2.14 bits per heavy atom. The van der Waals surface area contributed by atoms with Crippen LogP contribution in [0.25, 0.3) is 0 Å². The Morgan fingerprint density at radius 2 is 1.67 bits per heavy atom. The lowest BCUT2D eigenvalue weighted by Gasteiger charge is -2.26. The summed E-state index contributed by atoms with van der Waals surface area (Å²) in [5.74, 6) is 0. The molecule has 0 aromatic heterocycles. The number of halogens is 1. The third-order valence-electron chi connectivity index (χ3n) is 3.09. The Morgan fingerprint density at radius 1 is 1.10 bits per heavy atom. The fraction of sp³-hybridized carbons (Fsp3) is 1.00. The molecule has 0 bridgehead atoms. The second-order valence-electron chi connectivity index (χ2n) is 5.70. The van der Waals surface area contributed by atoms with Gasteiger partial charge in [-0.05, 0) is 45.8 Å². The normalized spacial score (nSPS) is 14.4. The Hall–Kier alpha value is 0.807. The Bertz CT molecular complexity index is 305. The van der Waals surface area contributed by atoms with Crippen molar-refractivity contribution in [3.63, 3.8) is 0 Å². The lowest BCUT2D eigenvalue weighted by Crippen LogP contribution is -2.33. The van der Waals surface area contributed by atoms with Crippen LogP contribution >= 0.6 is 23.5 Å². The summed E-state index contributed by atoms with van der Waals surface area (Å²) in [6.07, 6.45) is 4.48. The van der Waals surface area contributed by atoms with Gasteiger partial charge in [0, 0.05) is 0 Å². The van der Waals surface area contributed by atoms with Gasteiger partial charge in [0.1, 0.15) is 5.01 Å². The molecule has 0 amide bonds. The minimum atomic E-state index is -2.91. The van der Waals surface area contributed by atoms with Gasteiger partial charge in [-0.3, -0.25) is 4.57 Å². The first-order chi connectivity index (χ1) is 9.78. The van der Waals surface area contributed by atoms with E-state index >= 15 is 0 Å². The van der Waals surface area contributed by atoms with Crippen molar-refractivity contribution in [1.82, 2.24) is 0 Å². The molecule has 0 aromatic rings. The monoisotopic (exact) mass is 402 g/mol. The third kappa shape index (κ3) is 11.1. The number of rotatable bonds is 13. The van der Waals surface area contributed by atoms with Crippen LogP contribution in [-0.4, -0.2) is 32.7 Å². The maximum atomic E-state index is 12.3. The molecule has 0 N–H and O–H groups in total. The van der Waals surface area contributed by atoms with Crippen LogP contribution < -0.4 is 0 Å². The number of hydrogen-bond donors (Lipinski definition) is 0. The van der Waals surface area contributed by atoms with Crippen LogP contribution in [0.3, 0.4) is 0 Å². The van der Waals surface area contributed by atoms with Crippen molar-refractivity contribution in [2.75, 3.05) is 19.4 Å². The topological polar surface area (TPSA) is 44.8 Å². The molecule has 0 aliphatic rings. The van der Waals surface area contributed by atoms with Crippen molar-refractivity contribution in [3.8, 4) is 0 Å². The molecule has 21 heavy (non-hydrogen) atoms. The molecule has 7 heteroatoms. The summed E-state index contributed by atoms with van der Waals surface area (Å²) < 4.78 is 29.1.